The van der Waals surface area contributed by atoms with Gasteiger partial charge in [-0.25, -0.2) is 27.5 Å². The van der Waals surface area contributed by atoms with Gasteiger partial charge in [0.15, 0.2) is 0 Å². The van der Waals surface area contributed by atoms with Crippen molar-refractivity contribution in [3.8, 4) is 0 Å². The Kier molecular flexibility index (Phi) is 4.56. The van der Waals surface area contributed by atoms with Gasteiger partial charge in [0.25, 0.3) is 0 Å². The molecular formula is C18H20FN5O2S. The number of hydrogen-bond acceptors (Lipinski definition) is 5. The van der Waals surface area contributed by atoms with Crippen molar-refractivity contribution in [2.75, 3.05) is 18.0 Å². The Bertz CT molecular complexity index is 1060. The van der Waals surface area contributed by atoms with Crippen LogP contribution in [0.5, 0.6) is 0 Å². The van der Waals surface area contributed by atoms with Crippen molar-refractivity contribution in [2.24, 2.45) is 0 Å². The molecule has 0 unspecified atom stereocenters. The summed E-state index contributed by atoms with van der Waals surface area (Å²) in [4.78, 5) is 14.3. The van der Waals surface area contributed by atoms with E-state index < -0.39 is 15.8 Å². The summed E-state index contributed by atoms with van der Waals surface area (Å²) >= 11 is 0. The van der Waals surface area contributed by atoms with E-state index in [-0.39, 0.29) is 10.9 Å². The van der Waals surface area contributed by atoms with Crippen LogP contribution in [0.2, 0.25) is 0 Å². The molecule has 1 saturated heterocycles. The van der Waals surface area contributed by atoms with Crippen molar-refractivity contribution in [2.45, 2.75) is 30.7 Å². The largest absolute Gasteiger partial charge is 0.356 e. The monoisotopic (exact) mass is 389 g/mol. The number of piperidine rings is 1. The van der Waals surface area contributed by atoms with Crippen LogP contribution in [-0.4, -0.2) is 42.5 Å². The minimum absolute atomic E-state index is 0.0757. The number of nitrogens with zero attached hydrogens (tertiary/aromatic N) is 3. The molecule has 2 N–H and O–H groups in total. The van der Waals surface area contributed by atoms with Gasteiger partial charge in [-0.3, -0.25) is 0 Å². The molecule has 0 spiro atoms. The molecule has 1 fully saturated rings. The first kappa shape index (κ1) is 17.9. The van der Waals surface area contributed by atoms with Crippen molar-refractivity contribution >= 4 is 26.9 Å². The summed E-state index contributed by atoms with van der Waals surface area (Å²) in [6.45, 7) is 3.23. The highest BCUT2D eigenvalue weighted by atomic mass is 32.2. The predicted molar refractivity (Wildman–Crippen MR) is 101 cm³/mol. The third-order valence-electron chi connectivity index (χ3n) is 4.75. The lowest BCUT2D eigenvalue weighted by molar-refractivity contribution is 0.458. The average Bonchev–Trinajstić information content (AvgIpc) is 3.10. The van der Waals surface area contributed by atoms with Crippen LogP contribution in [0.4, 0.5) is 10.2 Å². The van der Waals surface area contributed by atoms with Gasteiger partial charge in [-0.1, -0.05) is 0 Å². The van der Waals surface area contributed by atoms with E-state index in [0.29, 0.717) is 31.8 Å². The number of benzene rings is 1. The Balaban J connectivity index is 1.46. The average molecular weight is 389 g/mol. The van der Waals surface area contributed by atoms with E-state index in [1.54, 1.807) is 0 Å². The molecule has 3 heterocycles. The van der Waals surface area contributed by atoms with Crippen LogP contribution < -0.4 is 9.62 Å². The number of H-pyrrole nitrogens is 1. The number of aromatic amines is 1. The zero-order valence-corrected chi connectivity index (χ0v) is 15.6. The van der Waals surface area contributed by atoms with Crippen LogP contribution in [0.25, 0.3) is 11.0 Å². The van der Waals surface area contributed by atoms with E-state index in [2.05, 4.69) is 24.6 Å². The minimum atomic E-state index is -3.66. The Labute approximate surface area is 156 Å². The molecule has 0 atom stereocenters. The van der Waals surface area contributed by atoms with Gasteiger partial charge in [0.1, 0.15) is 23.1 Å². The third-order valence-corrected chi connectivity index (χ3v) is 6.28. The van der Waals surface area contributed by atoms with Crippen LogP contribution in [0.3, 0.4) is 0 Å². The normalized spacial score (nSPS) is 16.1. The number of sulfonamides is 1. The molecule has 7 nitrogen and oxygen atoms in total. The number of rotatable bonds is 4. The molecule has 1 aliphatic rings. The molecule has 0 bridgehead atoms. The van der Waals surface area contributed by atoms with Crippen LogP contribution in [-0.2, 0) is 10.0 Å². The summed E-state index contributed by atoms with van der Waals surface area (Å²) in [6, 6.07) is 6.64. The van der Waals surface area contributed by atoms with Gasteiger partial charge in [0.2, 0.25) is 10.0 Å². The van der Waals surface area contributed by atoms with Crippen molar-refractivity contribution in [3.63, 3.8) is 0 Å². The van der Waals surface area contributed by atoms with Crippen LogP contribution >= 0.6 is 0 Å². The Hall–Kier alpha value is -2.52. The molecule has 1 aliphatic heterocycles. The molecule has 4 rings (SSSR count). The summed E-state index contributed by atoms with van der Waals surface area (Å²) in [7, 11) is -3.66. The third kappa shape index (κ3) is 3.65. The highest BCUT2D eigenvalue weighted by Crippen LogP contribution is 2.26. The van der Waals surface area contributed by atoms with Crippen molar-refractivity contribution < 1.29 is 12.8 Å². The smallest absolute Gasteiger partial charge is 0.240 e. The number of hydrogen-bond donors (Lipinski definition) is 2. The van der Waals surface area contributed by atoms with E-state index in [0.717, 1.165) is 29.0 Å². The maximum atomic E-state index is 13.0. The van der Waals surface area contributed by atoms with Gasteiger partial charge in [-0.15, -0.1) is 0 Å². The molecule has 142 valence electrons. The molecular weight excluding hydrogens is 369 g/mol. The fraction of sp³-hybridized carbons (Fsp3) is 0.333. The fourth-order valence-electron chi connectivity index (χ4n) is 3.39. The summed E-state index contributed by atoms with van der Waals surface area (Å²) in [5.74, 6) is 1.11. The van der Waals surface area contributed by atoms with Crippen LogP contribution in [0.15, 0.2) is 41.4 Å². The van der Waals surface area contributed by atoms with Gasteiger partial charge in [-0.05, 0) is 50.1 Å². The van der Waals surface area contributed by atoms with Crippen LogP contribution in [0.1, 0.15) is 18.7 Å². The Morgan fingerprint density at radius 3 is 2.56 bits per heavy atom. The van der Waals surface area contributed by atoms with Gasteiger partial charge in [-0.2, -0.15) is 0 Å². The molecule has 0 amide bonds. The first-order valence-corrected chi connectivity index (χ1v) is 10.3. The van der Waals surface area contributed by atoms with Crippen molar-refractivity contribution in [1.29, 1.82) is 0 Å². The standard InChI is InChI=1S/C18H20FN5O2S/c1-12-21-17-16(6-9-20-17)18(22-12)24-10-7-14(8-11-24)23-27(25,26)15-4-2-13(19)3-5-15/h2-6,9,14,23H,7-8,10-11H2,1H3,(H,20,21,22). The van der Waals surface area contributed by atoms with E-state index in [4.69, 9.17) is 0 Å². The topological polar surface area (TPSA) is 91.0 Å². The second kappa shape index (κ2) is 6.90. The number of nitrogens with one attached hydrogen (secondary N) is 2. The molecule has 0 saturated carbocycles. The summed E-state index contributed by atoms with van der Waals surface area (Å²) in [5.41, 5.74) is 0.802. The van der Waals surface area contributed by atoms with Gasteiger partial charge in [0, 0.05) is 25.3 Å². The first-order valence-electron chi connectivity index (χ1n) is 8.77. The van der Waals surface area contributed by atoms with Gasteiger partial charge in [0.05, 0.1) is 10.3 Å². The number of anilines is 1. The van der Waals surface area contributed by atoms with E-state index in [1.165, 1.54) is 12.1 Å². The molecule has 9 heteroatoms. The molecule has 3 aromatic rings. The maximum absolute atomic E-state index is 13.0. The first-order chi connectivity index (χ1) is 12.9. The number of fused-ring (bicyclic) bond motifs is 1. The van der Waals surface area contributed by atoms with Crippen molar-refractivity contribution in [3.05, 3.63) is 48.2 Å². The maximum Gasteiger partial charge on any atom is 0.240 e. The highest BCUT2D eigenvalue weighted by Gasteiger charge is 2.26. The fourth-order valence-corrected chi connectivity index (χ4v) is 4.69. The lowest BCUT2D eigenvalue weighted by Crippen LogP contribution is -2.45. The second-order valence-electron chi connectivity index (χ2n) is 6.67. The zero-order valence-electron chi connectivity index (χ0n) is 14.8. The Morgan fingerprint density at radius 2 is 1.85 bits per heavy atom. The number of aromatic nitrogens is 3. The van der Waals surface area contributed by atoms with Gasteiger partial charge < -0.3 is 9.88 Å². The van der Waals surface area contributed by atoms with E-state index in [9.17, 15) is 12.8 Å². The van der Waals surface area contributed by atoms with Gasteiger partial charge >= 0.3 is 0 Å². The summed E-state index contributed by atoms with van der Waals surface area (Å²) < 4.78 is 40.7. The minimum Gasteiger partial charge on any atom is -0.356 e. The summed E-state index contributed by atoms with van der Waals surface area (Å²) in [6.07, 6.45) is 3.16. The molecule has 2 aromatic heterocycles. The molecule has 0 aliphatic carbocycles. The quantitative estimate of drug-likeness (QED) is 0.715. The molecule has 0 radical (unpaired) electrons. The SMILES string of the molecule is Cc1nc(N2CCC(NS(=O)(=O)c3ccc(F)cc3)CC2)c2cc[nH]c2n1. The second-order valence-corrected chi connectivity index (χ2v) is 8.38. The number of aryl methyl sites for hydroxylation is 1. The molecule has 27 heavy (non-hydrogen) atoms. The Morgan fingerprint density at radius 1 is 1.15 bits per heavy atom. The van der Waals surface area contributed by atoms with E-state index >= 15 is 0 Å². The number of halogens is 1. The van der Waals surface area contributed by atoms with E-state index in [1.807, 2.05) is 19.2 Å². The lowest BCUT2D eigenvalue weighted by Gasteiger charge is -2.33. The van der Waals surface area contributed by atoms with Crippen molar-refractivity contribution in [1.82, 2.24) is 19.7 Å². The zero-order chi connectivity index (χ0) is 19.0. The lowest BCUT2D eigenvalue weighted by atomic mass is 10.1. The highest BCUT2D eigenvalue weighted by molar-refractivity contribution is 7.89. The predicted octanol–water partition coefficient (Wildman–Crippen LogP) is 2.35. The van der Waals surface area contributed by atoms with Crippen LogP contribution in [0, 0.1) is 12.7 Å². The molecule has 1 aromatic carbocycles. The summed E-state index contributed by atoms with van der Waals surface area (Å²) in [5, 5.41) is 0.964.